The third kappa shape index (κ3) is 4.24. The van der Waals surface area contributed by atoms with E-state index in [1.807, 2.05) is 18.2 Å². The van der Waals surface area contributed by atoms with Crippen molar-refractivity contribution in [1.29, 1.82) is 0 Å². The topological polar surface area (TPSA) is 125 Å². The molecule has 3 heterocycles. The first-order valence-corrected chi connectivity index (χ1v) is 11.9. The van der Waals surface area contributed by atoms with E-state index in [0.29, 0.717) is 18.7 Å². The van der Waals surface area contributed by atoms with Crippen molar-refractivity contribution >= 4 is 56.1 Å². The highest BCUT2D eigenvalue weighted by Gasteiger charge is 2.30. The fourth-order valence-corrected chi connectivity index (χ4v) is 5.73. The average molecular weight is 475 g/mol. The van der Waals surface area contributed by atoms with Crippen LogP contribution in [0.3, 0.4) is 0 Å². The molecule has 3 aromatic heterocycles. The summed E-state index contributed by atoms with van der Waals surface area (Å²) in [7, 11) is 3.49. The normalized spacial score (nSPS) is 16.3. The highest BCUT2D eigenvalue weighted by atomic mass is 32.1. The van der Waals surface area contributed by atoms with Crippen LogP contribution in [0.1, 0.15) is 16.9 Å². The van der Waals surface area contributed by atoms with E-state index in [1.54, 1.807) is 55.1 Å². The number of allylic oxidation sites excluding steroid dienone is 1. The molecule has 5 rings (SSSR count). The molecule has 174 valence electrons. The second kappa shape index (κ2) is 9.22. The molecule has 1 aliphatic carbocycles. The van der Waals surface area contributed by atoms with Gasteiger partial charge < -0.3 is 16.0 Å². The van der Waals surface area contributed by atoms with Gasteiger partial charge >= 0.3 is 0 Å². The molecule has 34 heavy (non-hydrogen) atoms. The molecule has 0 radical (unpaired) electrons. The van der Waals surface area contributed by atoms with Gasteiger partial charge in [0.2, 0.25) is 5.91 Å². The molecule has 0 saturated heterocycles. The zero-order chi connectivity index (χ0) is 23.7. The Kier molecular flexibility index (Phi) is 5.97. The van der Waals surface area contributed by atoms with Crippen LogP contribution < -0.4 is 11.1 Å². The Labute approximate surface area is 200 Å². The van der Waals surface area contributed by atoms with Gasteiger partial charge in [-0.25, -0.2) is 9.97 Å². The van der Waals surface area contributed by atoms with Crippen molar-refractivity contribution in [3.63, 3.8) is 0 Å². The zero-order valence-electron chi connectivity index (χ0n) is 19.1. The van der Waals surface area contributed by atoms with Crippen molar-refractivity contribution in [2.45, 2.75) is 19.3 Å². The summed E-state index contributed by atoms with van der Waals surface area (Å²) in [6.45, 7) is 0.390. The third-order valence-electron chi connectivity index (χ3n) is 6.13. The van der Waals surface area contributed by atoms with Gasteiger partial charge in [-0.1, -0.05) is 0 Å². The lowest BCUT2D eigenvalue weighted by molar-refractivity contribution is -0.134. The Hall–Kier alpha value is -3.79. The fourth-order valence-electron chi connectivity index (χ4n) is 4.46. The molecule has 9 nitrogen and oxygen atoms in total. The molecule has 0 saturated carbocycles. The van der Waals surface area contributed by atoms with Crippen LogP contribution in [0.5, 0.6) is 0 Å². The van der Waals surface area contributed by atoms with Crippen molar-refractivity contribution in [2.24, 2.45) is 16.6 Å². The number of H-pyrrole nitrogens is 1. The van der Waals surface area contributed by atoms with Crippen LogP contribution in [0.2, 0.25) is 0 Å². The molecular formula is C24H26N8OS. The van der Waals surface area contributed by atoms with Crippen molar-refractivity contribution < 1.29 is 4.79 Å². The summed E-state index contributed by atoms with van der Waals surface area (Å²) < 4.78 is 0. The molecule has 0 aliphatic heterocycles. The number of anilines is 2. The smallest absolute Gasteiger partial charge is 0.226 e. The van der Waals surface area contributed by atoms with Crippen LogP contribution in [-0.4, -0.2) is 57.8 Å². The van der Waals surface area contributed by atoms with E-state index in [1.165, 1.54) is 10.4 Å². The maximum atomic E-state index is 13.1. The maximum absolute atomic E-state index is 13.1. The number of thiophene rings is 1. The number of rotatable bonds is 6. The number of aryl methyl sites for hydroxylation is 1. The number of likely N-dealkylation sites (N-methyl/N-ethyl adjacent to an activating group) is 1. The fraction of sp³-hybridized carbons (Fsp3) is 0.292. The largest absolute Gasteiger partial charge is 0.401 e. The van der Waals surface area contributed by atoms with E-state index < -0.39 is 0 Å². The summed E-state index contributed by atoms with van der Waals surface area (Å²) in [6.07, 6.45) is 9.07. The Morgan fingerprint density at radius 1 is 1.41 bits per heavy atom. The number of nitrogens with two attached hydrogens (primary N) is 1. The van der Waals surface area contributed by atoms with E-state index in [0.717, 1.165) is 45.5 Å². The van der Waals surface area contributed by atoms with Crippen LogP contribution in [0.15, 0.2) is 47.5 Å². The predicted molar refractivity (Wildman–Crippen MR) is 137 cm³/mol. The molecule has 4 aromatic rings. The van der Waals surface area contributed by atoms with Gasteiger partial charge in [0.25, 0.3) is 0 Å². The summed E-state index contributed by atoms with van der Waals surface area (Å²) in [5, 5.41) is 12.6. The SMILES string of the molecule is CN=C/C=C(\N)CN(C)C(=O)C1CCc2c(sc3ncnc(Nc4ccc5[nH]ncc5c4)c23)C1. The van der Waals surface area contributed by atoms with E-state index in [4.69, 9.17) is 5.73 Å². The minimum absolute atomic E-state index is 0.0638. The van der Waals surface area contributed by atoms with Gasteiger partial charge in [-0.3, -0.25) is 14.9 Å². The van der Waals surface area contributed by atoms with Crippen molar-refractivity contribution in [3.05, 3.63) is 52.9 Å². The number of aromatic nitrogens is 4. The molecule has 10 heteroatoms. The van der Waals surface area contributed by atoms with E-state index in [-0.39, 0.29) is 11.8 Å². The number of hydrogen-bond acceptors (Lipinski definition) is 8. The molecule has 4 N–H and O–H groups in total. The number of benzene rings is 1. The van der Waals surface area contributed by atoms with Crippen molar-refractivity contribution in [2.75, 3.05) is 26.0 Å². The standard InChI is InChI=1S/C24H26N8OS/c1-26-8-7-16(25)12-32(2)24(33)14-3-5-18-20(10-14)34-23-21(18)22(27-13-28-23)30-17-4-6-19-15(9-17)11-29-31-19/h4,6-9,11,13-14H,3,5,10,12,25H2,1-2H3,(H,29,31)(H,27,28,30)/b16-7-,26-8?. The molecule has 1 aliphatic rings. The Morgan fingerprint density at radius 2 is 2.29 bits per heavy atom. The first-order chi connectivity index (χ1) is 16.5. The maximum Gasteiger partial charge on any atom is 0.226 e. The van der Waals surface area contributed by atoms with Gasteiger partial charge in [-0.2, -0.15) is 5.10 Å². The van der Waals surface area contributed by atoms with Crippen molar-refractivity contribution in [1.82, 2.24) is 25.1 Å². The third-order valence-corrected chi connectivity index (χ3v) is 7.29. The number of carbonyl (C=O) groups is 1. The lowest BCUT2D eigenvalue weighted by Crippen LogP contribution is -2.37. The quantitative estimate of drug-likeness (QED) is 0.368. The number of aromatic amines is 1. The highest BCUT2D eigenvalue weighted by molar-refractivity contribution is 7.19. The number of nitrogens with zero attached hydrogens (tertiary/aromatic N) is 5. The Balaban J connectivity index is 1.37. The van der Waals surface area contributed by atoms with E-state index in [2.05, 4.69) is 30.5 Å². The van der Waals surface area contributed by atoms with Crippen LogP contribution in [0.25, 0.3) is 21.1 Å². The van der Waals surface area contributed by atoms with Gasteiger partial charge in [-0.05, 0) is 49.1 Å². The number of hydrogen-bond donors (Lipinski definition) is 3. The summed E-state index contributed by atoms with van der Waals surface area (Å²) in [4.78, 5) is 29.9. The second-order valence-electron chi connectivity index (χ2n) is 8.49. The molecule has 1 amide bonds. The summed E-state index contributed by atoms with van der Waals surface area (Å²) >= 11 is 1.66. The first kappa shape index (κ1) is 22.0. The van der Waals surface area contributed by atoms with Crippen LogP contribution in [-0.2, 0) is 17.6 Å². The minimum atomic E-state index is -0.0638. The molecule has 1 aromatic carbocycles. The van der Waals surface area contributed by atoms with Crippen LogP contribution in [0.4, 0.5) is 11.5 Å². The average Bonchev–Trinajstić information content (AvgIpc) is 3.46. The molecule has 0 bridgehead atoms. The number of aliphatic imine (C=N–C) groups is 1. The van der Waals surface area contributed by atoms with Gasteiger partial charge in [0.1, 0.15) is 17.0 Å². The lowest BCUT2D eigenvalue weighted by atomic mass is 9.87. The number of nitrogens with one attached hydrogen (secondary N) is 2. The van der Waals surface area contributed by atoms with E-state index >= 15 is 0 Å². The predicted octanol–water partition coefficient (Wildman–Crippen LogP) is 3.42. The molecule has 1 unspecified atom stereocenters. The minimum Gasteiger partial charge on any atom is -0.401 e. The number of carbonyl (C=O) groups excluding carboxylic acids is 1. The second-order valence-corrected chi connectivity index (χ2v) is 9.57. The Morgan fingerprint density at radius 3 is 3.15 bits per heavy atom. The summed E-state index contributed by atoms with van der Waals surface area (Å²) in [6, 6.07) is 6.04. The molecule has 0 spiro atoms. The lowest BCUT2D eigenvalue weighted by Gasteiger charge is -2.26. The summed E-state index contributed by atoms with van der Waals surface area (Å²) in [5.74, 6) is 0.847. The first-order valence-electron chi connectivity index (χ1n) is 11.1. The van der Waals surface area contributed by atoms with Crippen molar-refractivity contribution in [3.8, 4) is 0 Å². The molecular weight excluding hydrogens is 448 g/mol. The zero-order valence-corrected chi connectivity index (χ0v) is 19.9. The van der Waals surface area contributed by atoms with E-state index in [9.17, 15) is 4.79 Å². The van der Waals surface area contributed by atoms with Gasteiger partial charge in [-0.15, -0.1) is 11.3 Å². The van der Waals surface area contributed by atoms with Crippen LogP contribution >= 0.6 is 11.3 Å². The highest BCUT2D eigenvalue weighted by Crippen LogP contribution is 2.40. The van der Waals surface area contributed by atoms with Gasteiger partial charge in [0, 0.05) is 47.9 Å². The Bertz CT molecular complexity index is 1420. The number of fused-ring (bicyclic) bond motifs is 4. The van der Waals surface area contributed by atoms with Gasteiger partial charge in [0.15, 0.2) is 0 Å². The summed E-state index contributed by atoms with van der Waals surface area (Å²) in [5.41, 5.74) is 9.80. The monoisotopic (exact) mass is 474 g/mol. The van der Waals surface area contributed by atoms with Gasteiger partial charge in [0.05, 0.1) is 23.6 Å². The molecule has 1 atom stereocenters. The number of amides is 1. The molecule has 0 fully saturated rings. The van der Waals surface area contributed by atoms with Crippen LogP contribution in [0, 0.1) is 5.92 Å².